The van der Waals surface area contributed by atoms with Gasteiger partial charge in [-0.25, -0.2) is 18.9 Å². The van der Waals surface area contributed by atoms with Gasteiger partial charge in [-0.15, -0.1) is 0 Å². The van der Waals surface area contributed by atoms with Gasteiger partial charge >= 0.3 is 18.0 Å². The van der Waals surface area contributed by atoms with Crippen LogP contribution in [0.3, 0.4) is 0 Å². The summed E-state index contributed by atoms with van der Waals surface area (Å²) in [6.45, 7) is 3.62. The quantitative estimate of drug-likeness (QED) is 0.451. The Morgan fingerprint density at radius 1 is 1.24 bits per heavy atom. The number of carboxylic acids is 1. The van der Waals surface area contributed by atoms with Gasteiger partial charge in [-0.05, 0) is 50.1 Å². The van der Waals surface area contributed by atoms with Crippen molar-refractivity contribution in [2.75, 3.05) is 11.9 Å². The zero-order valence-corrected chi connectivity index (χ0v) is 19.5. The van der Waals surface area contributed by atoms with E-state index in [1.165, 1.54) is 17.0 Å². The van der Waals surface area contributed by atoms with E-state index in [-0.39, 0.29) is 37.8 Å². The molecule has 1 heterocycles. The number of anilines is 1. The molecule has 2 aromatic carbocycles. The van der Waals surface area contributed by atoms with E-state index in [1.54, 1.807) is 44.2 Å². The monoisotopic (exact) mass is 492 g/mol. The Bertz CT molecular complexity index is 1050. The maximum atomic E-state index is 14.5. The van der Waals surface area contributed by atoms with Crippen LogP contribution in [0.5, 0.6) is 5.75 Å². The number of urea groups is 2. The molecule has 1 atom stereocenters. The Morgan fingerprint density at radius 3 is 2.56 bits per heavy atom. The minimum Gasteiger partial charge on any atom is -0.488 e. The van der Waals surface area contributed by atoms with Gasteiger partial charge in [0.2, 0.25) is 0 Å². The standard InChI is InChI=1S/C23H26ClFN4O5/c1-14(2)34-19-10-9-17(12-18(19)25)26-21-27-22(32)28(11-3-4-20(30)31)23(33)29(21)13-15-5-7-16(24)8-6-15/h5-10,12,14,21,26H,3-4,11,13H2,1-2H3,(H,27,32)(H,30,31). The van der Waals surface area contributed by atoms with E-state index in [9.17, 15) is 18.8 Å². The fourth-order valence-corrected chi connectivity index (χ4v) is 3.49. The van der Waals surface area contributed by atoms with Crippen molar-refractivity contribution < 1.29 is 28.6 Å². The predicted molar refractivity (Wildman–Crippen MR) is 124 cm³/mol. The van der Waals surface area contributed by atoms with E-state index in [0.29, 0.717) is 10.7 Å². The summed E-state index contributed by atoms with van der Waals surface area (Å²) in [7, 11) is 0. The fourth-order valence-electron chi connectivity index (χ4n) is 3.37. The van der Waals surface area contributed by atoms with Crippen LogP contribution in [0.25, 0.3) is 0 Å². The highest BCUT2D eigenvalue weighted by Crippen LogP contribution is 2.24. The first-order valence-corrected chi connectivity index (χ1v) is 11.1. The number of carbonyl (C=O) groups excluding carboxylic acids is 2. The third-order valence-corrected chi connectivity index (χ3v) is 5.18. The average molecular weight is 493 g/mol. The number of nitrogens with zero attached hydrogens (tertiary/aromatic N) is 2. The third kappa shape index (κ3) is 6.50. The minimum absolute atomic E-state index is 0.0589. The van der Waals surface area contributed by atoms with Gasteiger partial charge in [0, 0.05) is 29.7 Å². The van der Waals surface area contributed by atoms with Crippen molar-refractivity contribution >= 4 is 35.3 Å². The van der Waals surface area contributed by atoms with E-state index in [0.717, 1.165) is 10.5 Å². The van der Waals surface area contributed by atoms with Crippen LogP contribution in [0, 0.1) is 5.82 Å². The van der Waals surface area contributed by atoms with Crippen LogP contribution in [0.4, 0.5) is 19.7 Å². The molecule has 2 aromatic rings. The van der Waals surface area contributed by atoms with Crippen molar-refractivity contribution in [1.29, 1.82) is 0 Å². The summed E-state index contributed by atoms with van der Waals surface area (Å²) in [6.07, 6.45) is -1.25. The molecule has 0 saturated carbocycles. The van der Waals surface area contributed by atoms with Crippen molar-refractivity contribution in [2.45, 2.75) is 45.6 Å². The van der Waals surface area contributed by atoms with Crippen LogP contribution in [-0.4, -0.2) is 51.9 Å². The molecular formula is C23H26ClFN4O5. The van der Waals surface area contributed by atoms with E-state index < -0.39 is 30.1 Å². The maximum Gasteiger partial charge on any atom is 0.331 e. The van der Waals surface area contributed by atoms with E-state index >= 15 is 0 Å². The summed E-state index contributed by atoms with van der Waals surface area (Å²) < 4.78 is 19.9. The van der Waals surface area contributed by atoms with Crippen LogP contribution in [-0.2, 0) is 11.3 Å². The highest BCUT2D eigenvalue weighted by atomic mass is 35.5. The molecule has 0 radical (unpaired) electrons. The van der Waals surface area contributed by atoms with Gasteiger partial charge in [0.1, 0.15) is 0 Å². The summed E-state index contributed by atoms with van der Waals surface area (Å²) >= 11 is 5.95. The lowest BCUT2D eigenvalue weighted by Crippen LogP contribution is -2.67. The normalized spacial score (nSPS) is 16.0. The van der Waals surface area contributed by atoms with Crippen LogP contribution in [0.2, 0.25) is 5.02 Å². The van der Waals surface area contributed by atoms with Gasteiger partial charge in [0.25, 0.3) is 0 Å². The van der Waals surface area contributed by atoms with Gasteiger partial charge in [-0.1, -0.05) is 23.7 Å². The lowest BCUT2D eigenvalue weighted by atomic mass is 10.2. The molecule has 0 aliphatic carbocycles. The van der Waals surface area contributed by atoms with E-state index in [4.69, 9.17) is 21.4 Å². The molecule has 9 nitrogen and oxygen atoms in total. The molecule has 11 heteroatoms. The number of benzene rings is 2. The molecular weight excluding hydrogens is 467 g/mol. The van der Waals surface area contributed by atoms with Crippen LogP contribution < -0.4 is 15.4 Å². The van der Waals surface area contributed by atoms with Crippen LogP contribution in [0.15, 0.2) is 42.5 Å². The number of hydrogen-bond donors (Lipinski definition) is 3. The van der Waals surface area contributed by atoms with Crippen molar-refractivity contribution in [2.24, 2.45) is 0 Å². The molecule has 182 valence electrons. The van der Waals surface area contributed by atoms with Gasteiger partial charge in [-0.3, -0.25) is 15.0 Å². The molecule has 1 unspecified atom stereocenters. The number of carbonyl (C=O) groups is 3. The fraction of sp³-hybridized carbons (Fsp3) is 0.348. The molecule has 1 aliphatic heterocycles. The number of hydrogen-bond acceptors (Lipinski definition) is 5. The molecule has 3 N–H and O–H groups in total. The second-order valence-electron chi connectivity index (χ2n) is 7.99. The first kappa shape index (κ1) is 25.1. The van der Waals surface area contributed by atoms with Crippen molar-refractivity contribution in [3.05, 3.63) is 58.9 Å². The van der Waals surface area contributed by atoms with E-state index in [2.05, 4.69) is 10.6 Å². The average Bonchev–Trinajstić information content (AvgIpc) is 2.76. The van der Waals surface area contributed by atoms with Crippen LogP contribution in [0.1, 0.15) is 32.3 Å². The van der Waals surface area contributed by atoms with Crippen molar-refractivity contribution in [3.63, 3.8) is 0 Å². The van der Waals surface area contributed by atoms with Crippen molar-refractivity contribution in [3.8, 4) is 5.75 Å². The zero-order chi connectivity index (χ0) is 24.8. The van der Waals surface area contributed by atoms with Crippen molar-refractivity contribution in [1.82, 2.24) is 15.1 Å². The minimum atomic E-state index is -1.02. The number of aliphatic carboxylic acids is 1. The Morgan fingerprint density at radius 2 is 1.94 bits per heavy atom. The lowest BCUT2D eigenvalue weighted by molar-refractivity contribution is -0.137. The Kier molecular flexibility index (Phi) is 8.17. The largest absolute Gasteiger partial charge is 0.488 e. The van der Waals surface area contributed by atoms with Gasteiger partial charge < -0.3 is 15.2 Å². The van der Waals surface area contributed by atoms with Gasteiger partial charge in [0.15, 0.2) is 17.9 Å². The number of amides is 4. The number of nitrogens with one attached hydrogen (secondary N) is 2. The summed E-state index contributed by atoms with van der Waals surface area (Å²) in [5, 5.41) is 15.1. The number of halogens is 2. The first-order valence-electron chi connectivity index (χ1n) is 10.7. The zero-order valence-electron chi connectivity index (χ0n) is 18.8. The summed E-state index contributed by atoms with van der Waals surface area (Å²) in [6, 6.07) is 9.82. The molecule has 34 heavy (non-hydrogen) atoms. The smallest absolute Gasteiger partial charge is 0.331 e. The Balaban J connectivity index is 1.82. The topological polar surface area (TPSA) is 111 Å². The van der Waals surface area contributed by atoms with Crippen LogP contribution >= 0.6 is 11.6 Å². The molecule has 3 rings (SSSR count). The molecule has 1 saturated heterocycles. The maximum absolute atomic E-state index is 14.5. The summed E-state index contributed by atoms with van der Waals surface area (Å²) in [5.74, 6) is -1.52. The van der Waals surface area contributed by atoms with Gasteiger partial charge in [0.05, 0.1) is 12.6 Å². The molecule has 0 bridgehead atoms. The highest BCUT2D eigenvalue weighted by Gasteiger charge is 2.38. The summed E-state index contributed by atoms with van der Waals surface area (Å²) in [5.41, 5.74) is 1.07. The molecule has 0 aromatic heterocycles. The number of ether oxygens (including phenoxy) is 1. The second kappa shape index (κ2) is 11.1. The Hall–Kier alpha value is -3.53. The predicted octanol–water partition coefficient (Wildman–Crippen LogP) is 4.47. The molecule has 4 amide bonds. The number of imide groups is 1. The second-order valence-corrected chi connectivity index (χ2v) is 8.43. The first-order chi connectivity index (χ1) is 16.1. The summed E-state index contributed by atoms with van der Waals surface area (Å²) in [4.78, 5) is 39.0. The SMILES string of the molecule is CC(C)Oc1ccc(NC2NC(=O)N(CCCC(=O)O)C(=O)N2Cc2ccc(Cl)cc2)cc1F. The number of carboxylic acid groups (broad SMARTS) is 1. The molecule has 1 fully saturated rings. The highest BCUT2D eigenvalue weighted by molar-refractivity contribution is 6.30. The third-order valence-electron chi connectivity index (χ3n) is 4.93. The lowest BCUT2D eigenvalue weighted by Gasteiger charge is -2.41. The Labute approximate surface area is 201 Å². The van der Waals surface area contributed by atoms with E-state index in [1.807, 2.05) is 0 Å². The molecule has 1 aliphatic rings. The van der Waals surface area contributed by atoms with Gasteiger partial charge in [-0.2, -0.15) is 0 Å². The molecule has 0 spiro atoms. The number of rotatable bonds is 10.